The lowest BCUT2D eigenvalue weighted by molar-refractivity contribution is 0.577. The molecule has 1 aliphatic heterocycles. The first kappa shape index (κ1) is 8.00. The predicted octanol–water partition coefficient (Wildman–Crippen LogP) is 0.408. The Labute approximate surface area is 74.8 Å². The summed E-state index contributed by atoms with van der Waals surface area (Å²) >= 11 is 0. The van der Waals surface area contributed by atoms with Gasteiger partial charge in [0.2, 0.25) is 0 Å². The van der Waals surface area contributed by atoms with E-state index in [1.165, 1.54) is 12.1 Å². The molecule has 0 unspecified atom stereocenters. The van der Waals surface area contributed by atoms with Crippen molar-refractivity contribution >= 4 is 5.84 Å². The van der Waals surface area contributed by atoms with Crippen molar-refractivity contribution in [2.45, 2.75) is 6.92 Å². The standard InChI is InChI=1S/C8H9FN4/c1-5-2-6(4-7(9)3-5)8-10-12-13-11-8/h2-4,12-13H,1H3,(H,10,11). The lowest BCUT2D eigenvalue weighted by atomic mass is 10.1. The summed E-state index contributed by atoms with van der Waals surface area (Å²) in [6.45, 7) is 1.84. The monoisotopic (exact) mass is 180 g/mol. The summed E-state index contributed by atoms with van der Waals surface area (Å²) in [6.07, 6.45) is 0. The Balaban J connectivity index is 2.39. The highest BCUT2D eigenvalue weighted by Crippen LogP contribution is 2.08. The SMILES string of the molecule is Cc1cc(F)cc(C2=NNNN2)c1. The fourth-order valence-corrected chi connectivity index (χ4v) is 1.21. The number of benzene rings is 1. The van der Waals surface area contributed by atoms with Gasteiger partial charge >= 0.3 is 0 Å². The molecule has 0 saturated carbocycles. The number of hydrogen-bond acceptors (Lipinski definition) is 4. The second-order valence-corrected chi connectivity index (χ2v) is 2.84. The highest BCUT2D eigenvalue weighted by molar-refractivity contribution is 5.99. The number of rotatable bonds is 1. The molecule has 13 heavy (non-hydrogen) atoms. The molecular weight excluding hydrogens is 171 g/mol. The molecule has 0 atom stereocenters. The van der Waals surface area contributed by atoms with Gasteiger partial charge in [0, 0.05) is 5.56 Å². The largest absolute Gasteiger partial charge is 0.285 e. The van der Waals surface area contributed by atoms with E-state index in [1.54, 1.807) is 0 Å². The van der Waals surface area contributed by atoms with E-state index in [0.717, 1.165) is 11.1 Å². The van der Waals surface area contributed by atoms with Crippen molar-refractivity contribution < 1.29 is 4.39 Å². The summed E-state index contributed by atoms with van der Waals surface area (Å²) in [5.41, 5.74) is 9.43. The van der Waals surface area contributed by atoms with Crippen molar-refractivity contribution in [2.75, 3.05) is 0 Å². The van der Waals surface area contributed by atoms with Gasteiger partial charge in [-0.25, -0.2) is 9.93 Å². The van der Waals surface area contributed by atoms with Crippen molar-refractivity contribution in [3.63, 3.8) is 0 Å². The second-order valence-electron chi connectivity index (χ2n) is 2.84. The fraction of sp³-hybridized carbons (Fsp3) is 0.125. The quantitative estimate of drug-likeness (QED) is 0.586. The molecule has 0 spiro atoms. The molecule has 68 valence electrons. The third-order valence-electron chi connectivity index (χ3n) is 1.72. The molecule has 0 saturated heterocycles. The minimum absolute atomic E-state index is 0.258. The maximum atomic E-state index is 13.0. The first-order valence-corrected chi connectivity index (χ1v) is 3.87. The number of hydrazone groups is 1. The van der Waals surface area contributed by atoms with Gasteiger partial charge in [0.1, 0.15) is 5.82 Å². The average molecular weight is 180 g/mol. The Morgan fingerprint density at radius 1 is 1.31 bits per heavy atom. The normalized spacial score (nSPS) is 14.8. The van der Waals surface area contributed by atoms with E-state index in [-0.39, 0.29) is 5.82 Å². The van der Waals surface area contributed by atoms with Crippen LogP contribution in [0.15, 0.2) is 23.3 Å². The van der Waals surface area contributed by atoms with Crippen molar-refractivity contribution in [3.8, 4) is 0 Å². The highest BCUT2D eigenvalue weighted by Gasteiger charge is 2.08. The summed E-state index contributed by atoms with van der Waals surface area (Å²) in [7, 11) is 0. The van der Waals surface area contributed by atoms with Gasteiger partial charge in [0.05, 0.1) is 0 Å². The molecule has 0 amide bonds. The van der Waals surface area contributed by atoms with Gasteiger partial charge in [-0.3, -0.25) is 5.43 Å². The maximum absolute atomic E-state index is 13.0. The lowest BCUT2D eigenvalue weighted by Gasteiger charge is -2.01. The van der Waals surface area contributed by atoms with Crippen molar-refractivity contribution in [1.29, 1.82) is 0 Å². The smallest absolute Gasteiger partial charge is 0.170 e. The first-order chi connectivity index (χ1) is 6.25. The number of amidine groups is 1. The maximum Gasteiger partial charge on any atom is 0.170 e. The summed E-state index contributed by atoms with van der Waals surface area (Å²) in [4.78, 5) is 0. The van der Waals surface area contributed by atoms with Crippen molar-refractivity contribution in [2.24, 2.45) is 5.10 Å². The zero-order chi connectivity index (χ0) is 9.26. The first-order valence-electron chi connectivity index (χ1n) is 3.87. The van der Waals surface area contributed by atoms with E-state index < -0.39 is 0 Å². The fourth-order valence-electron chi connectivity index (χ4n) is 1.21. The van der Waals surface area contributed by atoms with Gasteiger partial charge in [0.25, 0.3) is 0 Å². The van der Waals surface area contributed by atoms with E-state index in [0.29, 0.717) is 5.84 Å². The van der Waals surface area contributed by atoms with E-state index in [9.17, 15) is 4.39 Å². The Bertz CT molecular complexity index is 341. The van der Waals surface area contributed by atoms with Gasteiger partial charge in [-0.1, -0.05) is 0 Å². The third kappa shape index (κ3) is 1.59. The lowest BCUT2D eigenvalue weighted by Crippen LogP contribution is -2.35. The van der Waals surface area contributed by atoms with E-state index >= 15 is 0 Å². The third-order valence-corrected chi connectivity index (χ3v) is 1.72. The molecule has 0 radical (unpaired) electrons. The van der Waals surface area contributed by atoms with E-state index in [2.05, 4.69) is 21.6 Å². The summed E-state index contributed by atoms with van der Waals surface area (Å²) < 4.78 is 13.0. The molecule has 1 aromatic rings. The van der Waals surface area contributed by atoms with Crippen LogP contribution in [0.2, 0.25) is 0 Å². The summed E-state index contributed by atoms with van der Waals surface area (Å²) in [5, 5.41) is 3.87. The molecule has 0 aliphatic carbocycles. The van der Waals surface area contributed by atoms with Crippen LogP contribution >= 0.6 is 0 Å². The number of hydrogen-bond donors (Lipinski definition) is 3. The van der Waals surface area contributed by atoms with Crippen LogP contribution in [0.25, 0.3) is 0 Å². The number of nitrogens with one attached hydrogen (secondary N) is 3. The van der Waals surface area contributed by atoms with Crippen LogP contribution in [0, 0.1) is 12.7 Å². The zero-order valence-electron chi connectivity index (χ0n) is 7.06. The van der Waals surface area contributed by atoms with Gasteiger partial charge < -0.3 is 0 Å². The molecular formula is C8H9FN4. The molecule has 1 heterocycles. The van der Waals surface area contributed by atoms with Gasteiger partial charge in [0.15, 0.2) is 5.84 Å². The Kier molecular flexibility index (Phi) is 1.86. The minimum Gasteiger partial charge on any atom is -0.285 e. The van der Waals surface area contributed by atoms with Crippen LogP contribution in [0.4, 0.5) is 4.39 Å². The zero-order valence-corrected chi connectivity index (χ0v) is 7.06. The molecule has 1 aromatic carbocycles. The van der Waals surface area contributed by atoms with Gasteiger partial charge in [-0.15, -0.1) is 10.6 Å². The molecule has 5 heteroatoms. The number of aryl methyl sites for hydroxylation is 1. The van der Waals surface area contributed by atoms with Crippen LogP contribution in [-0.4, -0.2) is 5.84 Å². The molecule has 1 aliphatic rings. The Hall–Kier alpha value is -1.62. The number of halogens is 1. The predicted molar refractivity (Wildman–Crippen MR) is 47.1 cm³/mol. The number of hydrazine groups is 2. The second kappa shape index (κ2) is 3.02. The van der Waals surface area contributed by atoms with Crippen molar-refractivity contribution in [3.05, 3.63) is 35.1 Å². The number of nitrogens with zero attached hydrogens (tertiary/aromatic N) is 1. The van der Waals surface area contributed by atoms with Gasteiger partial charge in [-0.05, 0) is 30.7 Å². The van der Waals surface area contributed by atoms with Crippen LogP contribution in [0.3, 0.4) is 0 Å². The highest BCUT2D eigenvalue weighted by atomic mass is 19.1. The molecule has 2 rings (SSSR count). The Morgan fingerprint density at radius 2 is 2.15 bits per heavy atom. The summed E-state index contributed by atoms with van der Waals surface area (Å²) in [6, 6.07) is 4.75. The molecule has 4 nitrogen and oxygen atoms in total. The van der Waals surface area contributed by atoms with Gasteiger partial charge in [-0.2, -0.15) is 0 Å². The molecule has 0 aromatic heterocycles. The van der Waals surface area contributed by atoms with Crippen LogP contribution in [-0.2, 0) is 0 Å². The van der Waals surface area contributed by atoms with E-state index in [4.69, 9.17) is 0 Å². The van der Waals surface area contributed by atoms with Crippen LogP contribution in [0.5, 0.6) is 0 Å². The topological polar surface area (TPSA) is 48.5 Å². The molecule has 0 bridgehead atoms. The van der Waals surface area contributed by atoms with E-state index in [1.807, 2.05) is 13.0 Å². The van der Waals surface area contributed by atoms with Crippen LogP contribution < -0.4 is 16.5 Å². The average Bonchev–Trinajstić information content (AvgIpc) is 2.53. The summed E-state index contributed by atoms with van der Waals surface area (Å²) in [5.74, 6) is 0.328. The minimum atomic E-state index is -0.258. The molecule has 3 N–H and O–H groups in total. The van der Waals surface area contributed by atoms with Crippen LogP contribution in [0.1, 0.15) is 11.1 Å². The molecule has 0 fully saturated rings. The van der Waals surface area contributed by atoms with Crippen molar-refractivity contribution in [1.82, 2.24) is 16.5 Å². The Morgan fingerprint density at radius 3 is 2.77 bits per heavy atom.